The van der Waals surface area contributed by atoms with Gasteiger partial charge in [0.15, 0.2) is 34.7 Å². The molecule has 0 saturated carbocycles. The van der Waals surface area contributed by atoms with Crippen molar-refractivity contribution in [3.63, 3.8) is 0 Å². The number of carbonyl (C=O) groups excluding carboxylic acids is 6. The molecule has 0 aliphatic carbocycles. The molecule has 0 unspecified atom stereocenters. The number of aromatic amines is 2. The first-order chi connectivity index (χ1) is 38.9. The summed E-state index contributed by atoms with van der Waals surface area (Å²) in [5.74, 6) is -6.23. The molecule has 2 fully saturated rings. The van der Waals surface area contributed by atoms with Crippen LogP contribution < -0.4 is 52.3 Å². The van der Waals surface area contributed by atoms with Gasteiger partial charge in [0, 0.05) is 84.6 Å². The highest BCUT2D eigenvalue weighted by Gasteiger charge is 2.37. The lowest BCUT2D eigenvalue weighted by Crippen LogP contribution is -2.51. The second-order valence-electron chi connectivity index (χ2n) is 19.3. The van der Waals surface area contributed by atoms with Gasteiger partial charge in [0.25, 0.3) is 17.7 Å². The molecule has 0 bridgehead atoms. The van der Waals surface area contributed by atoms with Crippen molar-refractivity contribution in [3.05, 3.63) is 186 Å². The highest BCUT2D eigenvalue weighted by atomic mass is 19.1. The fraction of sp³-hybridized carbons (Fsp3) is 0.281. The minimum absolute atomic E-state index is 0.00347. The van der Waals surface area contributed by atoms with E-state index in [2.05, 4.69) is 31.2 Å². The summed E-state index contributed by atoms with van der Waals surface area (Å²) in [6.45, 7) is 8.60. The number of benzene rings is 4. The Labute approximate surface area is 467 Å². The zero-order valence-electron chi connectivity index (χ0n) is 45.2. The summed E-state index contributed by atoms with van der Waals surface area (Å²) in [6, 6.07) is 19.8. The Balaban J connectivity index is 0.000000225. The maximum Gasteiger partial charge on any atom is 0.410 e. The van der Waals surface area contributed by atoms with Crippen molar-refractivity contribution in [3.8, 4) is 23.0 Å². The number of aromatic nitrogens is 2. The number of ketones is 2. The predicted molar refractivity (Wildman–Crippen MR) is 292 cm³/mol. The third-order valence-electron chi connectivity index (χ3n) is 12.4. The highest BCUT2D eigenvalue weighted by Crippen LogP contribution is 2.32. The topological polar surface area (TPSA) is 340 Å². The van der Waals surface area contributed by atoms with Crippen LogP contribution in [0.3, 0.4) is 0 Å². The van der Waals surface area contributed by atoms with Crippen LogP contribution in [-0.4, -0.2) is 143 Å². The fourth-order valence-corrected chi connectivity index (χ4v) is 8.30. The van der Waals surface area contributed by atoms with E-state index in [4.69, 9.17) is 29.8 Å². The van der Waals surface area contributed by atoms with E-state index in [9.17, 15) is 57.0 Å². The monoisotopic (exact) mass is 1130 g/mol. The van der Waals surface area contributed by atoms with Crippen LogP contribution in [0.1, 0.15) is 101 Å². The Morgan fingerprint density at radius 2 is 1.06 bits per heavy atom. The first-order valence-electron chi connectivity index (χ1n) is 25.2. The highest BCUT2D eigenvalue weighted by molar-refractivity contribution is 6.12. The standard InChI is InChI=1S/C26H32FN3O6.C25H23FN4O6.C6H5NO3/c1-6-35-19-11-12-20(34-5)22(27)21(19)23(31)15-7-9-16(10-8-15)24(32)29-18-14-30(13-17(18)28)25(33)36-26(2,3)4;1-36-19-7-6-18(31)21(22(19)26)23(33)13-2-4-14(5-3-13)24(34)29-16-11-27-12-17(16)30-25(35)15-8-9-28-20(32)10-15;8-5-3-4(6(9)10)1-2-7-5/h7-12,17-18H,6,13-14,28H2,1-5H3,(H,29,32);2-10,16-17,27,31H,11-12H2,1H3,(H,28,32)(H,29,34)(H,30,35);1-3H,(H,7,8)(H,9,10)/t17-,18-;16-,17-;/m11./s1. The minimum atomic E-state index is -1.09. The second-order valence-corrected chi connectivity index (χ2v) is 19.3. The number of carboxylic acids is 1. The number of aromatic hydroxyl groups is 1. The summed E-state index contributed by atoms with van der Waals surface area (Å²) < 4.78 is 50.1. The molecule has 432 valence electrons. The lowest BCUT2D eigenvalue weighted by Gasteiger charge is -2.24. The van der Waals surface area contributed by atoms with Crippen LogP contribution in [0.2, 0.25) is 0 Å². The third kappa shape index (κ3) is 15.8. The maximum atomic E-state index is 14.9. The van der Waals surface area contributed by atoms with Gasteiger partial charge in [-0.2, -0.15) is 0 Å². The zero-order chi connectivity index (χ0) is 60.0. The number of carboxylic acid groups (broad SMARTS) is 1. The fourth-order valence-electron chi connectivity index (χ4n) is 8.30. The quantitative estimate of drug-likeness (QED) is 0.0652. The molecular weight excluding hydrogens is 1070 g/mol. The van der Waals surface area contributed by atoms with Crippen molar-refractivity contribution in [1.82, 2.24) is 36.1 Å². The zero-order valence-corrected chi connectivity index (χ0v) is 45.2. The summed E-state index contributed by atoms with van der Waals surface area (Å²) in [5.41, 5.74) is 4.90. The number of halogens is 2. The van der Waals surface area contributed by atoms with Gasteiger partial charge in [-0.25, -0.2) is 18.4 Å². The maximum absolute atomic E-state index is 14.9. The number of nitrogens with two attached hydrogens (primary N) is 1. The van der Waals surface area contributed by atoms with Crippen LogP contribution in [0, 0.1) is 11.6 Å². The van der Waals surface area contributed by atoms with E-state index < -0.39 is 105 Å². The molecule has 2 saturated heterocycles. The van der Waals surface area contributed by atoms with E-state index in [1.165, 1.54) is 116 Å². The molecule has 4 atom stereocenters. The molecule has 0 spiro atoms. The van der Waals surface area contributed by atoms with Crippen molar-refractivity contribution >= 4 is 41.4 Å². The molecule has 4 amide bonds. The molecule has 8 rings (SSSR count). The molecule has 23 nitrogen and oxygen atoms in total. The first-order valence-corrected chi connectivity index (χ1v) is 25.2. The van der Waals surface area contributed by atoms with Crippen molar-refractivity contribution in [1.29, 1.82) is 0 Å². The summed E-state index contributed by atoms with van der Waals surface area (Å²) in [5, 5.41) is 29.9. The van der Waals surface area contributed by atoms with Gasteiger partial charge in [-0.1, -0.05) is 24.3 Å². The van der Waals surface area contributed by atoms with Crippen molar-refractivity contribution in [2.24, 2.45) is 5.73 Å². The van der Waals surface area contributed by atoms with Crippen LogP contribution in [0.5, 0.6) is 23.0 Å². The number of pyridine rings is 2. The van der Waals surface area contributed by atoms with Gasteiger partial charge in [-0.05, 0) is 88.4 Å². The first kappa shape index (κ1) is 61.5. The van der Waals surface area contributed by atoms with E-state index in [0.717, 1.165) is 12.1 Å². The van der Waals surface area contributed by atoms with Gasteiger partial charge in [0.2, 0.25) is 11.1 Å². The summed E-state index contributed by atoms with van der Waals surface area (Å²) in [6.07, 6.45) is 2.18. The average Bonchev–Trinajstić information content (AvgIpc) is 4.12. The second kappa shape index (κ2) is 27.4. The predicted octanol–water partition coefficient (Wildman–Crippen LogP) is 4.17. The number of nitrogens with one attached hydrogen (secondary N) is 6. The molecule has 25 heteroatoms. The summed E-state index contributed by atoms with van der Waals surface area (Å²) >= 11 is 0. The Morgan fingerprint density at radius 3 is 1.54 bits per heavy atom. The van der Waals surface area contributed by atoms with Crippen LogP contribution in [-0.2, 0) is 4.74 Å². The molecule has 2 aromatic heterocycles. The number of aromatic carboxylic acids is 1. The largest absolute Gasteiger partial charge is 0.507 e. The smallest absolute Gasteiger partial charge is 0.410 e. The number of likely N-dealkylation sites (tertiary alicyclic amines) is 1. The van der Waals surface area contributed by atoms with Gasteiger partial charge < -0.3 is 71.0 Å². The van der Waals surface area contributed by atoms with E-state index in [1.54, 1.807) is 27.7 Å². The van der Waals surface area contributed by atoms with Gasteiger partial charge in [-0.3, -0.25) is 33.6 Å². The lowest BCUT2D eigenvalue weighted by atomic mass is 10.00. The van der Waals surface area contributed by atoms with Gasteiger partial charge >= 0.3 is 12.1 Å². The normalized spacial score (nSPS) is 16.2. The number of H-pyrrole nitrogens is 2. The van der Waals surface area contributed by atoms with E-state index in [-0.39, 0.29) is 75.9 Å². The summed E-state index contributed by atoms with van der Waals surface area (Å²) in [4.78, 5) is 115. The van der Waals surface area contributed by atoms with E-state index in [0.29, 0.717) is 13.1 Å². The third-order valence-corrected chi connectivity index (χ3v) is 12.4. The van der Waals surface area contributed by atoms with Gasteiger partial charge in [0.1, 0.15) is 28.2 Å². The van der Waals surface area contributed by atoms with Crippen LogP contribution in [0.15, 0.2) is 119 Å². The molecule has 82 heavy (non-hydrogen) atoms. The molecular formula is C57H60F2N8O15. The lowest BCUT2D eigenvalue weighted by molar-refractivity contribution is 0.0287. The molecule has 4 aromatic carbocycles. The molecule has 10 N–H and O–H groups in total. The number of ether oxygens (including phenoxy) is 4. The number of methoxy groups -OCH3 is 2. The SMILES string of the molecule is CCOc1ccc(OC)c(F)c1C(=O)c1ccc(C(=O)N[C@@H]2CN(C(=O)OC(C)(C)C)C[C@H]2N)cc1.COc1ccc(O)c(C(=O)c2ccc(C(=O)N[C@@H]3CNC[C@H]3NC(=O)c3cc[nH]c(=O)c3)cc2)c1F.O=C(O)c1cc[nH]c(=O)c1. The number of amides is 4. The Kier molecular flexibility index (Phi) is 20.5. The number of carbonyl (C=O) groups is 7. The number of rotatable bonds is 15. The number of nitrogens with zero attached hydrogens (tertiary/aromatic N) is 1. The van der Waals surface area contributed by atoms with E-state index >= 15 is 0 Å². The number of phenols is 1. The number of hydrogen-bond acceptors (Lipinski definition) is 16. The molecule has 0 radical (unpaired) electrons. The van der Waals surface area contributed by atoms with E-state index in [1.807, 2.05) is 0 Å². The average molecular weight is 1140 g/mol. The Morgan fingerprint density at radius 1 is 0.622 bits per heavy atom. The van der Waals surface area contributed by atoms with Gasteiger partial charge in [0.05, 0.1) is 44.5 Å². The Bertz CT molecular complexity index is 3460. The Hall–Kier alpha value is -9.75. The van der Waals surface area contributed by atoms with Crippen LogP contribution in [0.4, 0.5) is 13.6 Å². The number of phenolic OH excluding ortho intramolecular Hbond substituents is 1. The van der Waals surface area contributed by atoms with Crippen LogP contribution in [0.25, 0.3) is 0 Å². The number of hydrogen-bond donors (Lipinski definition) is 9. The molecule has 2 aliphatic rings. The minimum Gasteiger partial charge on any atom is -0.507 e. The molecule has 2 aliphatic heterocycles. The summed E-state index contributed by atoms with van der Waals surface area (Å²) in [7, 11) is 2.55. The van der Waals surface area contributed by atoms with Gasteiger partial charge in [-0.15, -0.1) is 0 Å². The van der Waals surface area contributed by atoms with Crippen LogP contribution >= 0.6 is 0 Å². The van der Waals surface area contributed by atoms with Crippen molar-refractivity contribution in [2.45, 2.75) is 57.5 Å². The van der Waals surface area contributed by atoms with Crippen molar-refractivity contribution in [2.75, 3.05) is 47.0 Å². The van der Waals surface area contributed by atoms with Crippen molar-refractivity contribution < 1.29 is 71.5 Å². The molecule has 6 aromatic rings. The molecule has 4 heterocycles.